The lowest BCUT2D eigenvalue weighted by molar-refractivity contribution is -0.155. The zero-order valence-corrected chi connectivity index (χ0v) is 31.1. The van der Waals surface area contributed by atoms with Crippen molar-refractivity contribution in [3.63, 3.8) is 0 Å². The van der Waals surface area contributed by atoms with Crippen molar-refractivity contribution >= 4 is 11.9 Å². The number of hydrogen-bond acceptors (Lipinski definition) is 7. The fraction of sp³-hybridized carbons (Fsp3) is 0.659. The van der Waals surface area contributed by atoms with Crippen LogP contribution in [0.25, 0.3) is 0 Å². The van der Waals surface area contributed by atoms with Gasteiger partial charge in [-0.2, -0.15) is 0 Å². The molecule has 7 nitrogen and oxygen atoms in total. The van der Waals surface area contributed by atoms with Gasteiger partial charge in [0.2, 0.25) is 0 Å². The van der Waals surface area contributed by atoms with Crippen LogP contribution in [-0.4, -0.2) is 48.6 Å². The lowest BCUT2D eigenvalue weighted by Gasteiger charge is -2.22. The van der Waals surface area contributed by atoms with Crippen LogP contribution in [0.1, 0.15) is 143 Å². The molecule has 0 bridgehead atoms. The molecule has 0 aliphatic rings. The number of esters is 2. The highest BCUT2D eigenvalue weighted by atomic mass is 16.6. The van der Waals surface area contributed by atoms with Crippen LogP contribution in [-0.2, 0) is 19.1 Å². The van der Waals surface area contributed by atoms with Crippen LogP contribution >= 0.6 is 0 Å². The van der Waals surface area contributed by atoms with E-state index >= 15 is 0 Å². The van der Waals surface area contributed by atoms with E-state index in [-0.39, 0.29) is 35.8 Å². The van der Waals surface area contributed by atoms with Crippen LogP contribution in [0.4, 0.5) is 0 Å². The highest BCUT2D eigenvalue weighted by molar-refractivity contribution is 5.69. The highest BCUT2D eigenvalue weighted by Gasteiger charge is 2.18. The van der Waals surface area contributed by atoms with E-state index < -0.39 is 11.7 Å². The maximum atomic E-state index is 12.2. The summed E-state index contributed by atoms with van der Waals surface area (Å²) in [6, 6.07) is 16.2. The molecule has 0 saturated carbocycles. The molecule has 2 rings (SSSR count). The van der Waals surface area contributed by atoms with Gasteiger partial charge in [-0.3, -0.25) is 9.59 Å². The fourth-order valence-corrected chi connectivity index (χ4v) is 5.44. The van der Waals surface area contributed by atoms with Gasteiger partial charge >= 0.3 is 11.9 Å². The SMILES string of the molecule is CC(COC(=O)CCCCCCCCCCC(=O)OC(C)(C)C)COc1ccc(C(C)c2ccc(OCC(O)CC(C)(C)C)cc2)cc1. The van der Waals surface area contributed by atoms with Crippen molar-refractivity contribution < 1.29 is 33.6 Å². The smallest absolute Gasteiger partial charge is 0.306 e. The normalized spacial score (nSPS) is 13.8. The molecule has 0 saturated heterocycles. The van der Waals surface area contributed by atoms with E-state index in [1.54, 1.807) is 0 Å². The Balaban J connectivity index is 1.55. The molecule has 0 fully saturated rings. The second-order valence-electron chi connectivity index (χ2n) is 15.6. The van der Waals surface area contributed by atoms with Gasteiger partial charge in [-0.05, 0) is 80.8 Å². The molecule has 3 unspecified atom stereocenters. The van der Waals surface area contributed by atoms with Crippen LogP contribution in [0, 0.1) is 11.3 Å². The average Bonchev–Trinajstić information content (AvgIpc) is 3.01. The first-order valence-corrected chi connectivity index (χ1v) is 18.1. The molecule has 0 spiro atoms. The van der Waals surface area contributed by atoms with Crippen molar-refractivity contribution in [2.75, 3.05) is 19.8 Å². The summed E-state index contributed by atoms with van der Waals surface area (Å²) in [5, 5.41) is 10.2. The summed E-state index contributed by atoms with van der Waals surface area (Å²) in [4.78, 5) is 23.9. The van der Waals surface area contributed by atoms with Crippen molar-refractivity contribution in [2.24, 2.45) is 11.3 Å². The molecule has 48 heavy (non-hydrogen) atoms. The molecule has 7 heteroatoms. The Morgan fingerprint density at radius 1 is 0.625 bits per heavy atom. The van der Waals surface area contributed by atoms with Gasteiger partial charge in [0.25, 0.3) is 0 Å². The second-order valence-corrected chi connectivity index (χ2v) is 15.6. The number of aliphatic hydroxyl groups excluding tert-OH is 1. The number of benzene rings is 2. The van der Waals surface area contributed by atoms with Crippen molar-refractivity contribution in [3.8, 4) is 11.5 Å². The molecule has 0 aromatic heterocycles. The van der Waals surface area contributed by atoms with Gasteiger partial charge in [0.05, 0.1) is 19.3 Å². The Bertz CT molecular complexity index is 1180. The van der Waals surface area contributed by atoms with Crippen molar-refractivity contribution in [3.05, 3.63) is 59.7 Å². The Labute approximate surface area is 291 Å². The number of aliphatic hydroxyl groups is 1. The Hall–Kier alpha value is -3.06. The van der Waals surface area contributed by atoms with Crippen LogP contribution in [0.5, 0.6) is 11.5 Å². The molecule has 0 aliphatic heterocycles. The van der Waals surface area contributed by atoms with Crippen LogP contribution in [0.3, 0.4) is 0 Å². The van der Waals surface area contributed by atoms with Gasteiger partial charge in [-0.15, -0.1) is 0 Å². The third kappa shape index (κ3) is 19.1. The zero-order valence-electron chi connectivity index (χ0n) is 31.1. The van der Waals surface area contributed by atoms with E-state index in [0.29, 0.717) is 32.5 Å². The van der Waals surface area contributed by atoms with E-state index in [4.69, 9.17) is 18.9 Å². The molecule has 0 aliphatic carbocycles. The topological polar surface area (TPSA) is 91.3 Å². The van der Waals surface area contributed by atoms with Gasteiger partial charge in [-0.25, -0.2) is 0 Å². The minimum Gasteiger partial charge on any atom is -0.493 e. The number of hydrogen-bond donors (Lipinski definition) is 1. The summed E-state index contributed by atoms with van der Waals surface area (Å²) in [6.45, 7) is 17.3. The molecule has 0 radical (unpaired) electrons. The van der Waals surface area contributed by atoms with Gasteiger partial charge in [0.15, 0.2) is 0 Å². The van der Waals surface area contributed by atoms with Crippen LogP contribution in [0.15, 0.2) is 48.5 Å². The molecule has 1 N–H and O–H groups in total. The third-order valence-corrected chi connectivity index (χ3v) is 8.05. The molecular formula is C41H64O7. The summed E-state index contributed by atoms with van der Waals surface area (Å²) >= 11 is 0. The van der Waals surface area contributed by atoms with E-state index in [0.717, 1.165) is 62.9 Å². The van der Waals surface area contributed by atoms with Crippen molar-refractivity contribution in [2.45, 2.75) is 144 Å². The quantitative estimate of drug-likeness (QED) is 0.0986. The summed E-state index contributed by atoms with van der Waals surface area (Å²) in [6.07, 6.45) is 9.54. The minimum atomic E-state index is -0.485. The molecular weight excluding hydrogens is 604 g/mol. The van der Waals surface area contributed by atoms with Gasteiger partial charge in [-0.1, -0.05) is 97.4 Å². The minimum absolute atomic E-state index is 0.0617. The van der Waals surface area contributed by atoms with Gasteiger partial charge in [0.1, 0.15) is 23.7 Å². The zero-order chi connectivity index (χ0) is 35.6. The van der Waals surface area contributed by atoms with Crippen LogP contribution < -0.4 is 9.47 Å². The first kappa shape index (κ1) is 41.1. The maximum Gasteiger partial charge on any atom is 0.306 e. The summed E-state index contributed by atoms with van der Waals surface area (Å²) in [5.74, 6) is 1.61. The average molecular weight is 669 g/mol. The van der Waals surface area contributed by atoms with E-state index in [1.165, 1.54) is 11.1 Å². The number of carbonyl (C=O) groups is 2. The molecule has 0 heterocycles. The summed E-state index contributed by atoms with van der Waals surface area (Å²) in [5.41, 5.74) is 2.03. The number of rotatable bonds is 22. The largest absolute Gasteiger partial charge is 0.493 e. The van der Waals surface area contributed by atoms with E-state index in [1.807, 2.05) is 52.0 Å². The third-order valence-electron chi connectivity index (χ3n) is 8.05. The van der Waals surface area contributed by atoms with E-state index in [2.05, 4.69) is 52.0 Å². The predicted octanol–water partition coefficient (Wildman–Crippen LogP) is 9.82. The molecule has 2 aromatic carbocycles. The standard InChI is InChI=1S/C41H64O7/c1-31(29-47-38(43)17-15-13-11-9-10-12-14-16-18-39(44)48-41(6,7)8)28-45-36-23-19-33(20-24-36)32(2)34-21-25-37(26-22-34)46-30-35(42)27-40(3,4)5/h19-26,31-32,35,42H,9-18,27-30H2,1-8H3. The molecule has 3 atom stereocenters. The summed E-state index contributed by atoms with van der Waals surface area (Å²) in [7, 11) is 0. The van der Waals surface area contributed by atoms with E-state index in [9.17, 15) is 14.7 Å². The van der Waals surface area contributed by atoms with Gasteiger partial charge < -0.3 is 24.1 Å². The monoisotopic (exact) mass is 668 g/mol. The fourth-order valence-electron chi connectivity index (χ4n) is 5.44. The molecule has 270 valence electrons. The number of unbranched alkanes of at least 4 members (excludes halogenated alkanes) is 7. The Morgan fingerprint density at radius 3 is 1.52 bits per heavy atom. The summed E-state index contributed by atoms with van der Waals surface area (Å²) < 4.78 is 22.6. The Kier molecular flexibility index (Phi) is 18.1. The lowest BCUT2D eigenvalue weighted by Crippen LogP contribution is -2.23. The first-order valence-electron chi connectivity index (χ1n) is 18.1. The molecule has 0 amide bonds. The predicted molar refractivity (Wildman–Crippen MR) is 194 cm³/mol. The second kappa shape index (κ2) is 21.1. The lowest BCUT2D eigenvalue weighted by atomic mass is 9.89. The first-order chi connectivity index (χ1) is 22.6. The van der Waals surface area contributed by atoms with Crippen molar-refractivity contribution in [1.29, 1.82) is 0 Å². The van der Waals surface area contributed by atoms with Crippen LogP contribution in [0.2, 0.25) is 0 Å². The highest BCUT2D eigenvalue weighted by Crippen LogP contribution is 2.28. The Morgan fingerprint density at radius 2 is 1.06 bits per heavy atom. The number of ether oxygens (including phenoxy) is 4. The van der Waals surface area contributed by atoms with Gasteiger partial charge in [0, 0.05) is 24.7 Å². The maximum absolute atomic E-state index is 12.2. The molecule has 2 aromatic rings. The number of carbonyl (C=O) groups excluding carboxylic acids is 2. The van der Waals surface area contributed by atoms with Crippen molar-refractivity contribution in [1.82, 2.24) is 0 Å².